The molecule has 0 radical (unpaired) electrons. The molecule has 0 spiro atoms. The van der Waals surface area contributed by atoms with Gasteiger partial charge in [0.25, 0.3) is 0 Å². The predicted molar refractivity (Wildman–Crippen MR) is 102 cm³/mol. The van der Waals surface area contributed by atoms with E-state index in [1.165, 1.54) is 0 Å². The van der Waals surface area contributed by atoms with Crippen LogP contribution in [0.1, 0.15) is 43.2 Å². The van der Waals surface area contributed by atoms with Gasteiger partial charge in [0.05, 0.1) is 5.92 Å². The Balaban J connectivity index is 1.39. The van der Waals surface area contributed by atoms with Crippen molar-refractivity contribution in [3.8, 4) is 11.5 Å². The van der Waals surface area contributed by atoms with E-state index in [0.29, 0.717) is 23.0 Å². The van der Waals surface area contributed by atoms with Gasteiger partial charge in [0, 0.05) is 24.1 Å². The maximum Gasteiger partial charge on any atom is 0.231 e. The van der Waals surface area contributed by atoms with E-state index < -0.39 is 0 Å². The highest BCUT2D eigenvalue weighted by molar-refractivity contribution is 5.95. The predicted octanol–water partition coefficient (Wildman–Crippen LogP) is 4.07. The Hall–Kier alpha value is -2.82. The Bertz CT molecular complexity index is 859. The number of anilines is 1. The van der Waals surface area contributed by atoms with Gasteiger partial charge in [-0.2, -0.15) is 0 Å². The normalized spacial score (nSPS) is 19.1. The molecule has 1 aliphatic heterocycles. The third kappa shape index (κ3) is 3.82. The molecule has 2 aliphatic rings. The van der Waals surface area contributed by atoms with E-state index in [2.05, 4.69) is 5.32 Å². The number of fused-ring (bicyclic) bond motifs is 1. The molecule has 1 N–H and O–H groups in total. The minimum atomic E-state index is -0.280. The fraction of sp³-hybridized carbons (Fsp3) is 0.364. The summed E-state index contributed by atoms with van der Waals surface area (Å²) in [7, 11) is 0. The molecule has 4 rings (SSSR count). The van der Waals surface area contributed by atoms with E-state index in [-0.39, 0.29) is 24.5 Å². The molecule has 0 aromatic heterocycles. The first-order chi connectivity index (χ1) is 13.1. The quantitative estimate of drug-likeness (QED) is 0.867. The summed E-state index contributed by atoms with van der Waals surface area (Å²) >= 11 is 0. The van der Waals surface area contributed by atoms with Gasteiger partial charge < -0.3 is 14.8 Å². The van der Waals surface area contributed by atoms with Crippen LogP contribution >= 0.6 is 0 Å². The van der Waals surface area contributed by atoms with E-state index in [1.54, 1.807) is 18.2 Å². The largest absolute Gasteiger partial charge is 0.454 e. The van der Waals surface area contributed by atoms with Crippen molar-refractivity contribution in [1.82, 2.24) is 0 Å². The minimum Gasteiger partial charge on any atom is -0.454 e. The lowest BCUT2D eigenvalue weighted by Gasteiger charge is -2.14. The van der Waals surface area contributed by atoms with Crippen LogP contribution in [0.2, 0.25) is 0 Å². The number of Topliss-reactive ketones (excluding diaryl/α,β-unsaturated/α-hetero) is 1. The van der Waals surface area contributed by atoms with Gasteiger partial charge in [-0.1, -0.05) is 24.3 Å². The van der Waals surface area contributed by atoms with Gasteiger partial charge in [0.2, 0.25) is 12.7 Å². The van der Waals surface area contributed by atoms with Crippen LogP contribution in [-0.2, 0) is 16.0 Å². The maximum atomic E-state index is 12.6. The van der Waals surface area contributed by atoms with E-state index in [9.17, 15) is 9.59 Å². The van der Waals surface area contributed by atoms with Crippen molar-refractivity contribution in [2.75, 3.05) is 12.1 Å². The molecule has 5 heteroatoms. The lowest BCUT2D eigenvalue weighted by atomic mass is 9.94. The molecule has 5 nitrogen and oxygen atoms in total. The van der Waals surface area contributed by atoms with Crippen molar-refractivity contribution in [1.29, 1.82) is 0 Å². The van der Waals surface area contributed by atoms with Crippen molar-refractivity contribution < 1.29 is 19.1 Å². The zero-order chi connectivity index (χ0) is 18.8. The van der Waals surface area contributed by atoms with Crippen molar-refractivity contribution in [3.05, 3.63) is 53.6 Å². The third-order valence-electron chi connectivity index (χ3n) is 5.43. The Morgan fingerprint density at radius 1 is 1.15 bits per heavy atom. The molecule has 1 amide bonds. The van der Waals surface area contributed by atoms with E-state index >= 15 is 0 Å². The molecule has 140 valence electrons. The SMILES string of the molecule is C[C@H](C(=O)Nc1ccc2c(c1)OCO2)c1ccc(C[C@@H]2CCCC2=O)cc1. The molecular weight excluding hydrogens is 342 g/mol. The van der Waals surface area contributed by atoms with Gasteiger partial charge in [-0.25, -0.2) is 0 Å². The summed E-state index contributed by atoms with van der Waals surface area (Å²) in [5.74, 6) is 1.53. The second-order valence-corrected chi connectivity index (χ2v) is 7.28. The fourth-order valence-corrected chi connectivity index (χ4v) is 3.71. The molecule has 1 heterocycles. The summed E-state index contributed by atoms with van der Waals surface area (Å²) in [6.07, 6.45) is 3.53. The standard InChI is InChI=1S/C22H23NO4/c1-14(22(25)23-18-9-10-20-21(12-18)27-13-26-20)16-7-5-15(6-8-16)11-17-3-2-4-19(17)24/h5-10,12,14,17H,2-4,11,13H2,1H3,(H,23,25)/t14-,17-/m0/s1. The van der Waals surface area contributed by atoms with Crippen LogP contribution in [0.15, 0.2) is 42.5 Å². The number of rotatable bonds is 5. The van der Waals surface area contributed by atoms with Crippen molar-refractivity contribution >= 4 is 17.4 Å². The maximum absolute atomic E-state index is 12.6. The minimum absolute atomic E-state index is 0.0763. The van der Waals surface area contributed by atoms with Gasteiger partial charge >= 0.3 is 0 Å². The van der Waals surface area contributed by atoms with Crippen molar-refractivity contribution in [2.24, 2.45) is 5.92 Å². The van der Waals surface area contributed by atoms with Gasteiger partial charge in [-0.05, 0) is 49.4 Å². The van der Waals surface area contributed by atoms with Crippen LogP contribution in [0.25, 0.3) is 0 Å². The molecule has 1 aliphatic carbocycles. The Morgan fingerprint density at radius 3 is 2.67 bits per heavy atom. The summed E-state index contributed by atoms with van der Waals surface area (Å²) in [5, 5.41) is 2.93. The lowest BCUT2D eigenvalue weighted by molar-refractivity contribution is -0.120. The fourth-order valence-electron chi connectivity index (χ4n) is 3.71. The number of carbonyl (C=O) groups excluding carboxylic acids is 2. The number of hydrogen-bond acceptors (Lipinski definition) is 4. The number of nitrogens with one attached hydrogen (secondary N) is 1. The average molecular weight is 365 g/mol. The molecule has 27 heavy (non-hydrogen) atoms. The van der Waals surface area contributed by atoms with Gasteiger partial charge in [0.1, 0.15) is 5.78 Å². The summed E-state index contributed by atoms with van der Waals surface area (Å²) in [5.41, 5.74) is 2.80. The molecule has 1 saturated carbocycles. The number of hydrogen-bond donors (Lipinski definition) is 1. The highest BCUT2D eigenvalue weighted by Gasteiger charge is 2.24. The summed E-state index contributed by atoms with van der Waals surface area (Å²) in [6.45, 7) is 2.10. The smallest absolute Gasteiger partial charge is 0.231 e. The molecule has 2 aromatic rings. The van der Waals surface area contributed by atoms with Crippen LogP contribution in [0.5, 0.6) is 11.5 Å². The molecule has 0 saturated heterocycles. The summed E-state index contributed by atoms with van der Waals surface area (Å²) in [6, 6.07) is 13.4. The third-order valence-corrected chi connectivity index (χ3v) is 5.43. The van der Waals surface area contributed by atoms with Crippen LogP contribution in [-0.4, -0.2) is 18.5 Å². The zero-order valence-corrected chi connectivity index (χ0v) is 15.4. The second kappa shape index (κ2) is 7.43. The summed E-state index contributed by atoms with van der Waals surface area (Å²) < 4.78 is 10.6. The average Bonchev–Trinajstić information content (AvgIpc) is 3.30. The molecule has 2 atom stereocenters. The topological polar surface area (TPSA) is 64.6 Å². The Morgan fingerprint density at radius 2 is 1.93 bits per heavy atom. The molecule has 1 fully saturated rings. The first kappa shape index (κ1) is 17.6. The second-order valence-electron chi connectivity index (χ2n) is 7.28. The number of ether oxygens (including phenoxy) is 2. The monoisotopic (exact) mass is 365 g/mol. The first-order valence-electron chi connectivity index (χ1n) is 9.42. The van der Waals surface area contributed by atoms with Crippen LogP contribution in [0.4, 0.5) is 5.69 Å². The summed E-state index contributed by atoms with van der Waals surface area (Å²) in [4.78, 5) is 24.4. The molecular formula is C22H23NO4. The Labute approximate surface area is 158 Å². The molecule has 0 unspecified atom stereocenters. The lowest BCUT2D eigenvalue weighted by Crippen LogP contribution is -2.19. The van der Waals surface area contributed by atoms with E-state index in [1.807, 2.05) is 31.2 Å². The number of ketones is 1. The highest BCUT2D eigenvalue weighted by Crippen LogP contribution is 2.34. The van der Waals surface area contributed by atoms with Gasteiger partial charge in [-0.3, -0.25) is 9.59 Å². The molecule has 0 bridgehead atoms. The van der Waals surface area contributed by atoms with E-state index in [4.69, 9.17) is 9.47 Å². The van der Waals surface area contributed by atoms with Gasteiger partial charge in [-0.15, -0.1) is 0 Å². The zero-order valence-electron chi connectivity index (χ0n) is 15.4. The molecule has 2 aromatic carbocycles. The number of amides is 1. The van der Waals surface area contributed by atoms with Crippen molar-refractivity contribution in [2.45, 2.75) is 38.5 Å². The Kier molecular flexibility index (Phi) is 4.84. The number of carbonyl (C=O) groups is 2. The highest BCUT2D eigenvalue weighted by atomic mass is 16.7. The van der Waals surface area contributed by atoms with Crippen molar-refractivity contribution in [3.63, 3.8) is 0 Å². The number of benzene rings is 2. The van der Waals surface area contributed by atoms with Gasteiger partial charge in [0.15, 0.2) is 11.5 Å². The van der Waals surface area contributed by atoms with Crippen LogP contribution < -0.4 is 14.8 Å². The first-order valence-corrected chi connectivity index (χ1v) is 9.42. The van der Waals surface area contributed by atoms with E-state index in [0.717, 1.165) is 36.8 Å². The van der Waals surface area contributed by atoms with Crippen LogP contribution in [0.3, 0.4) is 0 Å². The van der Waals surface area contributed by atoms with Crippen LogP contribution in [0, 0.1) is 5.92 Å².